The van der Waals surface area contributed by atoms with Gasteiger partial charge in [-0.3, -0.25) is 4.79 Å². The number of Topliss-reactive ketones (excluding diaryl/α,β-unsaturated/α-hetero) is 1. The van der Waals surface area contributed by atoms with Crippen molar-refractivity contribution in [2.45, 2.75) is 52.7 Å². The molecule has 4 bridgehead atoms. The van der Waals surface area contributed by atoms with Gasteiger partial charge in [0.15, 0.2) is 0 Å². The van der Waals surface area contributed by atoms with Crippen LogP contribution in [0.2, 0.25) is 0 Å². The number of ketones is 1. The topological polar surface area (TPSA) is 57.5 Å². The van der Waals surface area contributed by atoms with Gasteiger partial charge in [0.2, 0.25) is 0 Å². The lowest BCUT2D eigenvalue weighted by Crippen LogP contribution is -2.70. The second-order valence-corrected chi connectivity index (χ2v) is 7.60. The molecule has 4 rings (SSSR count). The lowest BCUT2D eigenvalue weighted by atomic mass is 9.35. The van der Waals surface area contributed by atoms with E-state index in [0.29, 0.717) is 11.8 Å². The Balaban J connectivity index is 2.13. The van der Waals surface area contributed by atoms with Crippen LogP contribution >= 0.6 is 0 Å². The van der Waals surface area contributed by atoms with Gasteiger partial charge in [-0.15, -0.1) is 0 Å². The monoisotopic (exact) mass is 252 g/mol. The lowest BCUT2D eigenvalue weighted by Gasteiger charge is -2.69. The van der Waals surface area contributed by atoms with Gasteiger partial charge in [0, 0.05) is 17.8 Å². The molecule has 0 aliphatic heterocycles. The smallest absolute Gasteiger partial charge is 0.142 e. The van der Waals surface area contributed by atoms with Crippen molar-refractivity contribution in [3.63, 3.8) is 0 Å². The zero-order valence-electron chi connectivity index (χ0n) is 11.7. The molecule has 0 aromatic heterocycles. The first-order chi connectivity index (χ1) is 8.22. The highest BCUT2D eigenvalue weighted by molar-refractivity contribution is 5.88. The zero-order chi connectivity index (χ0) is 13.5. The number of carbonyl (C=O) groups is 1. The number of aliphatic hydroxyl groups is 2. The Morgan fingerprint density at radius 3 is 2.28 bits per heavy atom. The van der Waals surface area contributed by atoms with Crippen LogP contribution in [-0.2, 0) is 4.79 Å². The number of aliphatic hydroxyl groups excluding tert-OH is 2. The number of hydrogen-bond acceptors (Lipinski definition) is 3. The van der Waals surface area contributed by atoms with Crippen molar-refractivity contribution >= 4 is 5.78 Å². The molecule has 4 aliphatic carbocycles. The fourth-order valence-corrected chi connectivity index (χ4v) is 5.51. The molecule has 0 saturated heterocycles. The highest BCUT2D eigenvalue weighted by Crippen LogP contribution is 2.72. The Morgan fingerprint density at radius 1 is 1.11 bits per heavy atom. The van der Waals surface area contributed by atoms with Crippen LogP contribution in [-0.4, -0.2) is 28.2 Å². The van der Waals surface area contributed by atoms with Crippen LogP contribution in [0.15, 0.2) is 0 Å². The molecule has 4 fully saturated rings. The molecule has 7 atom stereocenters. The Labute approximate surface area is 109 Å². The van der Waals surface area contributed by atoms with Gasteiger partial charge in [-0.25, -0.2) is 0 Å². The first-order valence-electron chi connectivity index (χ1n) is 7.11. The molecule has 0 unspecified atom stereocenters. The molecule has 0 aromatic rings. The molecule has 3 heteroatoms. The second kappa shape index (κ2) is 3.37. The summed E-state index contributed by atoms with van der Waals surface area (Å²) in [4.78, 5) is 12.5. The highest BCUT2D eigenvalue weighted by Gasteiger charge is 2.74. The maximum Gasteiger partial charge on any atom is 0.142 e. The number of fused-ring (bicyclic) bond motifs is 2. The maximum absolute atomic E-state index is 12.5. The third kappa shape index (κ3) is 1.16. The molecule has 4 saturated carbocycles. The van der Waals surface area contributed by atoms with Crippen molar-refractivity contribution in [2.75, 3.05) is 0 Å². The molecule has 0 radical (unpaired) electrons. The van der Waals surface area contributed by atoms with Crippen LogP contribution in [0.3, 0.4) is 0 Å². The molecule has 0 amide bonds. The third-order valence-corrected chi connectivity index (χ3v) is 6.50. The Kier molecular flexibility index (Phi) is 2.36. The van der Waals surface area contributed by atoms with Crippen LogP contribution in [0.5, 0.6) is 0 Å². The van der Waals surface area contributed by atoms with Crippen LogP contribution in [0.4, 0.5) is 0 Å². The summed E-state index contributed by atoms with van der Waals surface area (Å²) in [5.41, 5.74) is -0.660. The first kappa shape index (κ1) is 12.6. The van der Waals surface area contributed by atoms with Gasteiger partial charge in [-0.1, -0.05) is 27.7 Å². The predicted molar refractivity (Wildman–Crippen MR) is 67.8 cm³/mol. The van der Waals surface area contributed by atoms with E-state index < -0.39 is 11.5 Å². The fraction of sp³-hybridized carbons (Fsp3) is 0.933. The summed E-state index contributed by atoms with van der Waals surface area (Å²) in [6.45, 7) is 8.29. The molecule has 0 spiro atoms. The maximum atomic E-state index is 12.5. The molecule has 0 heterocycles. The molecular weight excluding hydrogens is 228 g/mol. The summed E-state index contributed by atoms with van der Waals surface area (Å²) in [5, 5.41) is 20.7. The van der Waals surface area contributed by atoms with Gasteiger partial charge < -0.3 is 10.2 Å². The third-order valence-electron chi connectivity index (χ3n) is 6.50. The van der Waals surface area contributed by atoms with E-state index in [4.69, 9.17) is 0 Å². The lowest BCUT2D eigenvalue weighted by molar-refractivity contribution is -0.249. The van der Waals surface area contributed by atoms with Gasteiger partial charge in [0.05, 0.1) is 12.2 Å². The van der Waals surface area contributed by atoms with Crippen molar-refractivity contribution in [3.05, 3.63) is 0 Å². The van der Waals surface area contributed by atoms with E-state index >= 15 is 0 Å². The van der Waals surface area contributed by atoms with Crippen molar-refractivity contribution in [1.82, 2.24) is 0 Å². The summed E-state index contributed by atoms with van der Waals surface area (Å²) < 4.78 is 0. The molecule has 0 aromatic carbocycles. The van der Waals surface area contributed by atoms with E-state index in [1.807, 2.05) is 6.92 Å². The van der Waals surface area contributed by atoms with Crippen LogP contribution in [0.25, 0.3) is 0 Å². The van der Waals surface area contributed by atoms with Crippen LogP contribution in [0.1, 0.15) is 40.5 Å². The number of carbonyl (C=O) groups excluding carboxylic acids is 1. The van der Waals surface area contributed by atoms with Crippen LogP contribution < -0.4 is 0 Å². The average Bonchev–Trinajstić information content (AvgIpc) is 2.31. The first-order valence-corrected chi connectivity index (χ1v) is 7.11. The fourth-order valence-electron chi connectivity index (χ4n) is 5.51. The molecule has 3 nitrogen and oxygen atoms in total. The average molecular weight is 252 g/mol. The largest absolute Gasteiger partial charge is 0.393 e. The van der Waals surface area contributed by atoms with Gasteiger partial charge in [0.1, 0.15) is 5.78 Å². The van der Waals surface area contributed by atoms with Crippen molar-refractivity contribution in [2.24, 2.45) is 34.5 Å². The predicted octanol–water partition coefficient (Wildman–Crippen LogP) is 1.62. The van der Waals surface area contributed by atoms with E-state index in [1.165, 1.54) is 0 Å². The van der Waals surface area contributed by atoms with E-state index in [2.05, 4.69) is 20.8 Å². The Bertz CT molecular complexity index is 385. The molecule has 102 valence electrons. The SMILES string of the molecule is C[C@H]1C[C@@H](O)[C@@H]2[C@H]3[C@H]1[C@@]2(C)C(=O)C[C@@H](O)C3(C)C. The Morgan fingerprint density at radius 2 is 1.72 bits per heavy atom. The Hall–Kier alpha value is -0.410. The molecular formula is C15H24O3. The van der Waals surface area contributed by atoms with Crippen molar-refractivity contribution in [1.29, 1.82) is 0 Å². The standard InChI is InChI=1S/C15H24O3/c1-7-5-8(16)12-13-11(7)15(12,4)10(18)6-9(17)14(13,2)3/h7-9,11-13,16-17H,5-6H2,1-4H3/t7-,8+,9+,11-,12+,13+,15+/m0/s1. The minimum Gasteiger partial charge on any atom is -0.393 e. The summed E-state index contributed by atoms with van der Waals surface area (Å²) in [5.74, 6) is 1.21. The molecule has 18 heavy (non-hydrogen) atoms. The van der Waals surface area contributed by atoms with E-state index in [9.17, 15) is 15.0 Å². The van der Waals surface area contributed by atoms with E-state index in [0.717, 1.165) is 6.42 Å². The van der Waals surface area contributed by atoms with Gasteiger partial charge in [-0.05, 0) is 29.6 Å². The van der Waals surface area contributed by atoms with E-state index in [1.54, 1.807) is 0 Å². The quantitative estimate of drug-likeness (QED) is 0.688. The number of rotatable bonds is 0. The summed E-state index contributed by atoms with van der Waals surface area (Å²) >= 11 is 0. The molecule has 4 aliphatic rings. The van der Waals surface area contributed by atoms with Crippen molar-refractivity contribution < 1.29 is 15.0 Å². The summed E-state index contributed by atoms with van der Waals surface area (Å²) in [7, 11) is 0. The van der Waals surface area contributed by atoms with Gasteiger partial charge in [0.25, 0.3) is 0 Å². The highest BCUT2D eigenvalue weighted by atomic mass is 16.3. The van der Waals surface area contributed by atoms with Crippen LogP contribution in [0, 0.1) is 34.5 Å². The summed E-state index contributed by atoms with van der Waals surface area (Å²) in [6, 6.07) is 0. The van der Waals surface area contributed by atoms with Crippen molar-refractivity contribution in [3.8, 4) is 0 Å². The minimum atomic E-state index is -0.568. The zero-order valence-corrected chi connectivity index (χ0v) is 11.7. The normalized spacial score (nSPS) is 57.8. The second-order valence-electron chi connectivity index (χ2n) is 7.60. The summed E-state index contributed by atoms with van der Waals surface area (Å²) in [6.07, 6.45) is 0.114. The van der Waals surface area contributed by atoms with Gasteiger partial charge in [-0.2, -0.15) is 0 Å². The number of hydrogen-bond donors (Lipinski definition) is 2. The molecule has 2 N–H and O–H groups in total. The van der Waals surface area contributed by atoms with E-state index in [-0.39, 0.29) is 35.6 Å². The van der Waals surface area contributed by atoms with Gasteiger partial charge >= 0.3 is 0 Å². The minimum absolute atomic E-state index is 0.0540.